The molecule has 104 valence electrons. The van der Waals surface area contributed by atoms with Gasteiger partial charge in [-0.15, -0.1) is 0 Å². The van der Waals surface area contributed by atoms with Crippen molar-refractivity contribution in [3.63, 3.8) is 0 Å². The first kappa shape index (κ1) is 15.5. The molecule has 0 saturated carbocycles. The second-order valence-electron chi connectivity index (χ2n) is 4.17. The van der Waals surface area contributed by atoms with Crippen molar-refractivity contribution in [1.29, 1.82) is 0 Å². The molecule has 0 atom stereocenters. The quantitative estimate of drug-likeness (QED) is 0.733. The predicted molar refractivity (Wildman–Crippen MR) is 83.3 cm³/mol. The number of carboxylic acid groups (broad SMARTS) is 1. The molecule has 0 heterocycles. The largest absolute Gasteiger partial charge is 0.481 e. The molecule has 2 aromatic carbocycles. The lowest BCUT2D eigenvalue weighted by Crippen LogP contribution is -2.00. The molecule has 20 heavy (non-hydrogen) atoms. The van der Waals surface area contributed by atoms with Crippen molar-refractivity contribution < 1.29 is 9.90 Å². The highest BCUT2D eigenvalue weighted by molar-refractivity contribution is 6.48. The van der Waals surface area contributed by atoms with E-state index in [1.807, 2.05) is 0 Å². The van der Waals surface area contributed by atoms with E-state index >= 15 is 0 Å². The van der Waals surface area contributed by atoms with E-state index in [4.69, 9.17) is 51.5 Å². The van der Waals surface area contributed by atoms with E-state index in [2.05, 4.69) is 0 Å². The van der Waals surface area contributed by atoms with Crippen LogP contribution in [0.1, 0.15) is 5.56 Å². The number of aliphatic carboxylic acids is 1. The van der Waals surface area contributed by atoms with Crippen LogP contribution in [0.5, 0.6) is 0 Å². The normalized spacial score (nSPS) is 10.6. The summed E-state index contributed by atoms with van der Waals surface area (Å²) >= 11 is 23.9. The maximum atomic E-state index is 10.8. The maximum Gasteiger partial charge on any atom is 0.307 e. The molecule has 0 saturated heterocycles. The lowest BCUT2D eigenvalue weighted by atomic mass is 10.0. The molecule has 0 fully saturated rings. The van der Waals surface area contributed by atoms with Gasteiger partial charge in [0.2, 0.25) is 0 Å². The Hall–Kier alpha value is -0.930. The van der Waals surface area contributed by atoms with E-state index in [1.54, 1.807) is 30.3 Å². The highest BCUT2D eigenvalue weighted by Crippen LogP contribution is 2.36. The fourth-order valence-electron chi connectivity index (χ4n) is 1.82. The summed E-state index contributed by atoms with van der Waals surface area (Å²) in [4.78, 5) is 10.8. The van der Waals surface area contributed by atoms with Gasteiger partial charge in [-0.25, -0.2) is 0 Å². The van der Waals surface area contributed by atoms with Crippen LogP contribution in [0.2, 0.25) is 20.1 Å². The first-order valence-corrected chi connectivity index (χ1v) is 7.04. The second kappa shape index (κ2) is 6.23. The summed E-state index contributed by atoms with van der Waals surface area (Å²) in [5, 5.41) is 10.2. The van der Waals surface area contributed by atoms with Crippen LogP contribution in [0.4, 0.5) is 0 Å². The topological polar surface area (TPSA) is 37.3 Å². The Kier molecular flexibility index (Phi) is 4.82. The molecule has 0 aliphatic rings. The van der Waals surface area contributed by atoms with E-state index in [1.165, 1.54) is 0 Å². The molecule has 0 aliphatic carbocycles. The van der Waals surface area contributed by atoms with Crippen LogP contribution in [-0.2, 0) is 11.2 Å². The monoisotopic (exact) mass is 348 g/mol. The molecule has 0 unspecified atom stereocenters. The Morgan fingerprint density at radius 3 is 2.00 bits per heavy atom. The molecule has 0 bridgehead atoms. The molecule has 0 spiro atoms. The molecule has 0 aromatic heterocycles. The molecule has 0 radical (unpaired) electrons. The van der Waals surface area contributed by atoms with Gasteiger partial charge in [-0.1, -0.05) is 52.5 Å². The van der Waals surface area contributed by atoms with Crippen LogP contribution >= 0.6 is 46.4 Å². The van der Waals surface area contributed by atoms with Gasteiger partial charge in [-0.2, -0.15) is 0 Å². The fourth-order valence-corrected chi connectivity index (χ4v) is 2.67. The van der Waals surface area contributed by atoms with Crippen molar-refractivity contribution in [2.24, 2.45) is 0 Å². The first-order valence-electron chi connectivity index (χ1n) is 5.53. The summed E-state index contributed by atoms with van der Waals surface area (Å²) in [6, 6.07) is 8.37. The van der Waals surface area contributed by atoms with Crippen LogP contribution in [0.25, 0.3) is 11.1 Å². The van der Waals surface area contributed by atoms with Gasteiger partial charge in [0.1, 0.15) is 0 Å². The molecule has 0 aliphatic heterocycles. The van der Waals surface area contributed by atoms with Gasteiger partial charge in [0.05, 0.1) is 21.5 Å². The number of halogens is 4. The van der Waals surface area contributed by atoms with Crippen molar-refractivity contribution in [2.45, 2.75) is 6.42 Å². The molecule has 2 rings (SSSR count). The Bertz CT molecular complexity index is 660. The van der Waals surface area contributed by atoms with E-state index < -0.39 is 5.97 Å². The van der Waals surface area contributed by atoms with Gasteiger partial charge in [-0.3, -0.25) is 4.79 Å². The molecule has 0 amide bonds. The number of rotatable bonds is 3. The fraction of sp³-hybridized carbons (Fsp3) is 0.0714. The first-order chi connectivity index (χ1) is 9.36. The van der Waals surface area contributed by atoms with Crippen LogP contribution < -0.4 is 0 Å². The Morgan fingerprint density at radius 1 is 0.900 bits per heavy atom. The van der Waals surface area contributed by atoms with Crippen LogP contribution in [0, 0.1) is 0 Å². The van der Waals surface area contributed by atoms with Crippen molar-refractivity contribution in [3.05, 3.63) is 56.0 Å². The van der Waals surface area contributed by atoms with Gasteiger partial charge in [-0.05, 0) is 41.0 Å². The molecule has 1 N–H and O–H groups in total. The highest BCUT2D eigenvalue weighted by Gasteiger charge is 2.10. The lowest BCUT2D eigenvalue weighted by Gasteiger charge is -2.08. The zero-order valence-corrected chi connectivity index (χ0v) is 13.0. The minimum Gasteiger partial charge on any atom is -0.481 e. The van der Waals surface area contributed by atoms with Crippen LogP contribution in [-0.4, -0.2) is 11.1 Å². The number of carbonyl (C=O) groups is 1. The minimum atomic E-state index is -0.926. The highest BCUT2D eigenvalue weighted by atomic mass is 35.5. The van der Waals surface area contributed by atoms with E-state index in [0.29, 0.717) is 20.6 Å². The van der Waals surface area contributed by atoms with Gasteiger partial charge in [0.25, 0.3) is 0 Å². The smallest absolute Gasteiger partial charge is 0.307 e. The molecule has 2 nitrogen and oxygen atoms in total. The van der Waals surface area contributed by atoms with Crippen molar-refractivity contribution in [3.8, 4) is 11.1 Å². The van der Waals surface area contributed by atoms with E-state index in [9.17, 15) is 4.79 Å². The average molecular weight is 350 g/mol. The predicted octanol–water partition coefficient (Wildman–Crippen LogP) is 5.59. The average Bonchev–Trinajstić information content (AvgIpc) is 2.33. The molecule has 6 heteroatoms. The number of benzene rings is 2. The number of carboxylic acids is 1. The summed E-state index contributed by atoms with van der Waals surface area (Å²) < 4.78 is 0. The third-order valence-electron chi connectivity index (χ3n) is 2.63. The second-order valence-corrected chi connectivity index (χ2v) is 5.80. The zero-order valence-electron chi connectivity index (χ0n) is 9.96. The number of hydrogen-bond acceptors (Lipinski definition) is 1. The SMILES string of the molecule is O=C(O)Cc1cc(Cl)cc(-c2cc(Cl)c(Cl)c(Cl)c2)c1. The molecular weight excluding hydrogens is 342 g/mol. The zero-order chi connectivity index (χ0) is 14.9. The van der Waals surface area contributed by atoms with Crippen LogP contribution in [0.15, 0.2) is 30.3 Å². The van der Waals surface area contributed by atoms with Crippen molar-refractivity contribution >= 4 is 52.4 Å². The summed E-state index contributed by atoms with van der Waals surface area (Å²) in [5.41, 5.74) is 2.05. The third kappa shape index (κ3) is 3.58. The summed E-state index contributed by atoms with van der Waals surface area (Å²) in [7, 11) is 0. The Morgan fingerprint density at radius 2 is 1.45 bits per heavy atom. The third-order valence-corrected chi connectivity index (χ3v) is 4.05. The molecular formula is C14H8Cl4O2. The van der Waals surface area contributed by atoms with E-state index in [-0.39, 0.29) is 11.4 Å². The van der Waals surface area contributed by atoms with Gasteiger partial charge in [0.15, 0.2) is 0 Å². The van der Waals surface area contributed by atoms with E-state index in [0.717, 1.165) is 11.1 Å². The summed E-state index contributed by atoms with van der Waals surface area (Å²) in [6.45, 7) is 0. The summed E-state index contributed by atoms with van der Waals surface area (Å²) in [5.74, 6) is -0.926. The Balaban J connectivity index is 2.52. The number of hydrogen-bond donors (Lipinski definition) is 1. The Labute approximate surface area is 135 Å². The summed E-state index contributed by atoms with van der Waals surface area (Å²) in [6.07, 6.45) is -0.109. The minimum absolute atomic E-state index is 0.109. The van der Waals surface area contributed by atoms with Gasteiger partial charge >= 0.3 is 5.97 Å². The standard InChI is InChI=1S/C14H8Cl4O2/c15-10-2-7(3-13(19)20)1-8(4-10)9-5-11(16)14(18)12(17)6-9/h1-2,4-6H,3H2,(H,19,20). The van der Waals surface area contributed by atoms with Crippen molar-refractivity contribution in [1.82, 2.24) is 0 Å². The van der Waals surface area contributed by atoms with Gasteiger partial charge < -0.3 is 5.11 Å². The molecule has 2 aromatic rings. The lowest BCUT2D eigenvalue weighted by molar-refractivity contribution is -0.136. The van der Waals surface area contributed by atoms with Crippen molar-refractivity contribution in [2.75, 3.05) is 0 Å². The van der Waals surface area contributed by atoms with Gasteiger partial charge in [0, 0.05) is 5.02 Å². The van der Waals surface area contributed by atoms with Crippen LogP contribution in [0.3, 0.4) is 0 Å². The maximum absolute atomic E-state index is 10.8.